The van der Waals surface area contributed by atoms with Crippen molar-refractivity contribution < 1.29 is 29.2 Å². The Bertz CT molecular complexity index is 314. The molecule has 3 aliphatic rings. The topological polar surface area (TPSA) is 123 Å². The molecule has 118 valence electrons. The molecule has 3 saturated heterocycles. The molecule has 20 heavy (non-hydrogen) atoms. The highest BCUT2D eigenvalue weighted by Crippen LogP contribution is 2.25. The predicted molar refractivity (Wildman–Crippen MR) is 69.8 cm³/mol. The minimum absolute atomic E-state index is 0. The predicted octanol–water partition coefficient (Wildman–Crippen LogP) is -2.05. The fraction of sp³-hybridized carbons (Fsp3) is 0.917. The molecule has 0 aromatic heterocycles. The Morgan fingerprint density at radius 1 is 1.25 bits per heavy atom. The van der Waals surface area contributed by atoms with Crippen molar-refractivity contribution >= 4 is 5.91 Å². The van der Waals surface area contributed by atoms with Gasteiger partial charge in [-0.25, -0.2) is 0 Å². The van der Waals surface area contributed by atoms with Gasteiger partial charge in [0, 0.05) is 13.2 Å². The molecule has 8 nitrogen and oxygen atoms in total. The summed E-state index contributed by atoms with van der Waals surface area (Å²) in [7, 11) is 0. The Balaban J connectivity index is 0.00000200. The molecule has 0 aromatic rings. The minimum atomic E-state index is -1.16. The molecule has 2 bridgehead atoms. The molecule has 0 spiro atoms. The zero-order valence-corrected chi connectivity index (χ0v) is 10.5. The van der Waals surface area contributed by atoms with Crippen molar-refractivity contribution in [3.05, 3.63) is 0 Å². The third-order valence-electron chi connectivity index (χ3n) is 3.21. The highest BCUT2D eigenvalue weighted by Gasteiger charge is 2.46. The molecular formula is C12H24N2O6. The van der Waals surface area contributed by atoms with Crippen LogP contribution in [0.2, 0.25) is 0 Å². The van der Waals surface area contributed by atoms with Gasteiger partial charge in [0.1, 0.15) is 24.4 Å². The molecule has 0 aromatic carbocycles. The van der Waals surface area contributed by atoms with E-state index < -0.39 is 30.7 Å². The number of carbonyl (C=O) groups excluding carboxylic acids is 1. The van der Waals surface area contributed by atoms with Gasteiger partial charge in [-0.3, -0.25) is 4.79 Å². The lowest BCUT2D eigenvalue weighted by Gasteiger charge is -2.41. The molecule has 3 heterocycles. The maximum atomic E-state index is 11.2. The Morgan fingerprint density at radius 3 is 2.65 bits per heavy atom. The number of hydrogen-bond acceptors (Lipinski definition) is 7. The van der Waals surface area contributed by atoms with Gasteiger partial charge in [0.2, 0.25) is 5.91 Å². The van der Waals surface area contributed by atoms with Crippen LogP contribution in [0.5, 0.6) is 0 Å². The van der Waals surface area contributed by atoms with Crippen LogP contribution < -0.4 is 11.1 Å². The first-order valence-electron chi connectivity index (χ1n) is 6.35. The van der Waals surface area contributed by atoms with Gasteiger partial charge in [-0.15, -0.1) is 0 Å². The molecule has 5 unspecified atom stereocenters. The number of nitrogens with two attached hydrogens (primary N) is 1. The van der Waals surface area contributed by atoms with Crippen LogP contribution >= 0.6 is 0 Å². The summed E-state index contributed by atoms with van der Waals surface area (Å²) >= 11 is 0. The molecule has 8 heteroatoms. The second-order valence-corrected chi connectivity index (χ2v) is 4.59. The fourth-order valence-corrected chi connectivity index (χ4v) is 2.18. The van der Waals surface area contributed by atoms with E-state index in [2.05, 4.69) is 5.32 Å². The number of amides is 1. The summed E-state index contributed by atoms with van der Waals surface area (Å²) in [6.45, 7) is 0.794. The van der Waals surface area contributed by atoms with Gasteiger partial charge in [-0.1, -0.05) is 7.43 Å². The van der Waals surface area contributed by atoms with Gasteiger partial charge in [-0.2, -0.15) is 0 Å². The molecule has 0 aliphatic carbocycles. The fourth-order valence-electron chi connectivity index (χ4n) is 2.18. The number of ether oxygens (including phenoxy) is 3. The number of nitrogens with one attached hydrogen (secondary N) is 1. The number of rotatable bonds is 3. The van der Waals surface area contributed by atoms with E-state index in [1.165, 1.54) is 0 Å². The van der Waals surface area contributed by atoms with E-state index in [1.807, 2.05) is 0 Å². The summed E-state index contributed by atoms with van der Waals surface area (Å²) in [4.78, 5) is 11.2. The lowest BCUT2D eigenvalue weighted by atomic mass is 9.98. The minimum Gasteiger partial charge on any atom is -0.387 e. The normalized spacial score (nSPS) is 37.2. The molecule has 0 saturated carbocycles. The smallest absolute Gasteiger partial charge is 0.233 e. The molecule has 5 N–H and O–H groups in total. The Labute approximate surface area is 118 Å². The van der Waals surface area contributed by atoms with Crippen LogP contribution in [0.3, 0.4) is 0 Å². The first-order chi connectivity index (χ1) is 9.13. The molecule has 3 aliphatic heterocycles. The highest BCUT2D eigenvalue weighted by molar-refractivity contribution is 5.77. The van der Waals surface area contributed by atoms with Crippen LogP contribution in [-0.2, 0) is 19.0 Å². The lowest BCUT2D eigenvalue weighted by molar-refractivity contribution is -0.292. The average Bonchev–Trinajstić information content (AvgIpc) is 2.55. The van der Waals surface area contributed by atoms with Crippen molar-refractivity contribution in [3.8, 4) is 0 Å². The third-order valence-corrected chi connectivity index (χ3v) is 3.21. The van der Waals surface area contributed by atoms with E-state index in [1.54, 1.807) is 0 Å². The van der Waals surface area contributed by atoms with Crippen LogP contribution in [0, 0.1) is 0 Å². The Kier molecular flexibility index (Phi) is 6.80. The van der Waals surface area contributed by atoms with Crippen molar-refractivity contribution in [2.24, 2.45) is 5.73 Å². The van der Waals surface area contributed by atoms with Crippen LogP contribution in [0.15, 0.2) is 0 Å². The summed E-state index contributed by atoms with van der Waals surface area (Å²) in [6.07, 6.45) is -3.82. The largest absolute Gasteiger partial charge is 0.387 e. The summed E-state index contributed by atoms with van der Waals surface area (Å²) < 4.78 is 16.4. The SMILES string of the molecule is C.NCC(=O)NCC1OC2OCCCOC1C(O)C2O. The van der Waals surface area contributed by atoms with Gasteiger partial charge in [0.15, 0.2) is 6.29 Å². The highest BCUT2D eigenvalue weighted by atomic mass is 16.7. The van der Waals surface area contributed by atoms with E-state index in [4.69, 9.17) is 19.9 Å². The maximum Gasteiger partial charge on any atom is 0.233 e. The summed E-state index contributed by atoms with van der Waals surface area (Å²) in [5.74, 6) is -0.324. The first kappa shape index (κ1) is 17.3. The van der Waals surface area contributed by atoms with Gasteiger partial charge in [0.25, 0.3) is 0 Å². The Morgan fingerprint density at radius 2 is 1.95 bits per heavy atom. The second kappa shape index (κ2) is 7.87. The van der Waals surface area contributed by atoms with Gasteiger partial charge >= 0.3 is 0 Å². The van der Waals surface area contributed by atoms with Crippen LogP contribution in [0.25, 0.3) is 0 Å². The number of hydrogen-bond donors (Lipinski definition) is 4. The first-order valence-corrected chi connectivity index (χ1v) is 6.35. The van der Waals surface area contributed by atoms with Crippen molar-refractivity contribution in [2.75, 3.05) is 26.3 Å². The number of aliphatic hydroxyl groups excluding tert-OH is 2. The van der Waals surface area contributed by atoms with Crippen LogP contribution in [0.1, 0.15) is 13.8 Å². The molecule has 5 atom stereocenters. The van der Waals surface area contributed by atoms with E-state index in [0.717, 1.165) is 0 Å². The third kappa shape index (κ3) is 3.87. The summed E-state index contributed by atoms with van der Waals surface area (Å²) in [6, 6.07) is 0. The van der Waals surface area contributed by atoms with Crippen molar-refractivity contribution in [1.29, 1.82) is 0 Å². The van der Waals surface area contributed by atoms with Crippen molar-refractivity contribution in [2.45, 2.75) is 44.6 Å². The number of aliphatic hydroxyl groups is 2. The molecule has 3 rings (SSSR count). The quantitative estimate of drug-likeness (QED) is 0.472. The van der Waals surface area contributed by atoms with E-state index in [-0.39, 0.29) is 26.4 Å². The maximum absolute atomic E-state index is 11.2. The molecular weight excluding hydrogens is 268 g/mol. The van der Waals surface area contributed by atoms with Gasteiger partial charge in [-0.05, 0) is 6.42 Å². The zero-order chi connectivity index (χ0) is 13.8. The molecule has 3 fully saturated rings. The number of fused-ring (bicyclic) bond motifs is 6. The number of carbonyl (C=O) groups is 1. The molecule has 0 radical (unpaired) electrons. The average molecular weight is 292 g/mol. The summed E-state index contributed by atoms with van der Waals surface area (Å²) in [5, 5.41) is 22.4. The van der Waals surface area contributed by atoms with Crippen molar-refractivity contribution in [1.82, 2.24) is 5.32 Å². The standard InChI is InChI=1S/C11H20N2O6.CH4/c12-4-7(14)13-5-6-10-8(15)9(16)11(19-6)18-3-1-2-17-10;/h6,8-11,15-16H,1-5,12H2,(H,13,14);1H4. The lowest BCUT2D eigenvalue weighted by Crippen LogP contribution is -2.61. The van der Waals surface area contributed by atoms with E-state index in [9.17, 15) is 15.0 Å². The zero-order valence-electron chi connectivity index (χ0n) is 10.5. The van der Waals surface area contributed by atoms with Gasteiger partial charge < -0.3 is 35.5 Å². The van der Waals surface area contributed by atoms with E-state index >= 15 is 0 Å². The van der Waals surface area contributed by atoms with Gasteiger partial charge in [0.05, 0.1) is 13.2 Å². The van der Waals surface area contributed by atoms with E-state index in [0.29, 0.717) is 19.6 Å². The summed E-state index contributed by atoms with van der Waals surface area (Å²) in [5.41, 5.74) is 5.20. The monoisotopic (exact) mass is 292 g/mol. The van der Waals surface area contributed by atoms with Crippen LogP contribution in [0.4, 0.5) is 0 Å². The Hall–Kier alpha value is -0.770. The molecule has 1 amide bonds. The van der Waals surface area contributed by atoms with Crippen LogP contribution in [-0.4, -0.2) is 73.1 Å². The second-order valence-electron chi connectivity index (χ2n) is 4.59. The van der Waals surface area contributed by atoms with Crippen molar-refractivity contribution in [3.63, 3.8) is 0 Å².